The molecule has 0 amide bonds. The van der Waals surface area contributed by atoms with Crippen LogP contribution in [0.15, 0.2) is 46.6 Å². The van der Waals surface area contributed by atoms with Gasteiger partial charge in [0, 0.05) is 22.8 Å². The summed E-state index contributed by atoms with van der Waals surface area (Å²) in [4.78, 5) is 5.51. The summed E-state index contributed by atoms with van der Waals surface area (Å²) in [5, 5.41) is 6.19. The summed E-state index contributed by atoms with van der Waals surface area (Å²) >= 11 is 1.79. The molecule has 4 nitrogen and oxygen atoms in total. The van der Waals surface area contributed by atoms with E-state index in [4.69, 9.17) is 10.3 Å². The first-order chi connectivity index (χ1) is 9.84. The van der Waals surface area contributed by atoms with Gasteiger partial charge in [-0.2, -0.15) is 0 Å². The average molecular weight is 285 g/mol. The number of aromatic nitrogens is 2. The fraction of sp³-hybridized carbons (Fsp3) is 0.200. The Bertz CT molecular complexity index is 662. The van der Waals surface area contributed by atoms with Crippen molar-refractivity contribution in [2.45, 2.75) is 19.3 Å². The van der Waals surface area contributed by atoms with Crippen LogP contribution in [0.3, 0.4) is 0 Å². The Balaban J connectivity index is 1.74. The van der Waals surface area contributed by atoms with Gasteiger partial charge < -0.3 is 10.3 Å². The fourth-order valence-electron chi connectivity index (χ4n) is 2.21. The second-order valence-corrected chi connectivity index (χ2v) is 5.58. The zero-order chi connectivity index (χ0) is 13.8. The second-order valence-electron chi connectivity index (χ2n) is 4.54. The van der Waals surface area contributed by atoms with E-state index >= 15 is 0 Å². The smallest absolute Gasteiger partial charge is 0.230 e. The lowest BCUT2D eigenvalue weighted by Gasteiger charge is -2.01. The van der Waals surface area contributed by atoms with E-state index in [1.54, 1.807) is 23.7 Å². The lowest BCUT2D eigenvalue weighted by molar-refractivity contribution is 0.426. The number of nitrogens with zero attached hydrogens (tertiary/aromatic N) is 2. The van der Waals surface area contributed by atoms with Gasteiger partial charge in [-0.25, -0.2) is 0 Å². The third-order valence-electron chi connectivity index (χ3n) is 3.16. The molecule has 0 saturated carbocycles. The molecule has 0 unspecified atom stereocenters. The molecule has 0 fully saturated rings. The number of rotatable bonds is 5. The molecule has 5 heteroatoms. The highest BCUT2D eigenvalue weighted by atomic mass is 32.1. The fourth-order valence-corrected chi connectivity index (χ4v) is 2.96. The number of pyridine rings is 1. The van der Waals surface area contributed by atoms with Crippen LogP contribution in [-0.4, -0.2) is 10.1 Å². The molecule has 3 aromatic rings. The summed E-state index contributed by atoms with van der Waals surface area (Å²) in [6, 6.07) is 8.09. The van der Waals surface area contributed by atoms with Crippen LogP contribution in [0.25, 0.3) is 11.1 Å². The Morgan fingerprint density at radius 1 is 1.20 bits per heavy atom. The maximum absolute atomic E-state index is 5.88. The third-order valence-corrected chi connectivity index (χ3v) is 4.09. The first-order valence-corrected chi connectivity index (χ1v) is 7.39. The van der Waals surface area contributed by atoms with Crippen molar-refractivity contribution in [2.75, 3.05) is 5.73 Å². The molecule has 3 heterocycles. The number of nitrogen functional groups attached to an aromatic ring is 1. The van der Waals surface area contributed by atoms with Crippen LogP contribution in [0.5, 0.6) is 0 Å². The van der Waals surface area contributed by atoms with Gasteiger partial charge in [0.15, 0.2) is 0 Å². The summed E-state index contributed by atoms with van der Waals surface area (Å²) in [7, 11) is 0. The molecule has 2 N–H and O–H groups in total. The predicted octanol–water partition coefficient (Wildman–Crippen LogP) is 3.56. The van der Waals surface area contributed by atoms with Gasteiger partial charge in [-0.15, -0.1) is 11.3 Å². The zero-order valence-corrected chi connectivity index (χ0v) is 11.8. The van der Waals surface area contributed by atoms with E-state index in [1.807, 2.05) is 12.1 Å². The molecule has 3 rings (SSSR count). The van der Waals surface area contributed by atoms with Crippen molar-refractivity contribution in [1.82, 2.24) is 10.1 Å². The topological polar surface area (TPSA) is 64.9 Å². The number of hydrogen-bond donors (Lipinski definition) is 1. The molecule has 0 aliphatic heterocycles. The Hall–Kier alpha value is -2.14. The molecule has 0 bridgehead atoms. The lowest BCUT2D eigenvalue weighted by atomic mass is 10.0. The zero-order valence-electron chi connectivity index (χ0n) is 11.0. The van der Waals surface area contributed by atoms with Gasteiger partial charge in [0.1, 0.15) is 0 Å². The number of thiophene rings is 1. The van der Waals surface area contributed by atoms with Crippen molar-refractivity contribution in [3.05, 3.63) is 52.6 Å². The van der Waals surface area contributed by atoms with Gasteiger partial charge in [-0.05, 0) is 36.8 Å². The molecule has 102 valence electrons. The van der Waals surface area contributed by atoms with Gasteiger partial charge in [0.25, 0.3) is 0 Å². The van der Waals surface area contributed by atoms with E-state index in [2.05, 4.69) is 27.7 Å². The van der Waals surface area contributed by atoms with Crippen LogP contribution in [-0.2, 0) is 12.8 Å². The molecule has 0 saturated heterocycles. The molecule has 20 heavy (non-hydrogen) atoms. The average Bonchev–Trinajstić information content (AvgIpc) is 3.10. The van der Waals surface area contributed by atoms with Crippen LogP contribution in [0, 0.1) is 0 Å². The minimum absolute atomic E-state index is 0.365. The van der Waals surface area contributed by atoms with Crippen molar-refractivity contribution in [1.29, 1.82) is 0 Å². The van der Waals surface area contributed by atoms with Gasteiger partial charge >= 0.3 is 0 Å². The number of aryl methyl sites for hydroxylation is 2. The highest BCUT2D eigenvalue weighted by Crippen LogP contribution is 2.30. The highest BCUT2D eigenvalue weighted by molar-refractivity contribution is 7.09. The minimum Gasteiger partial charge on any atom is -0.367 e. The van der Waals surface area contributed by atoms with Gasteiger partial charge in [-0.1, -0.05) is 17.3 Å². The summed E-state index contributed by atoms with van der Waals surface area (Å²) < 4.78 is 5.14. The number of nitrogens with two attached hydrogens (primary N) is 1. The molecular weight excluding hydrogens is 270 g/mol. The summed E-state index contributed by atoms with van der Waals surface area (Å²) in [5.74, 6) is 0.365. The van der Waals surface area contributed by atoms with Crippen LogP contribution in [0.2, 0.25) is 0 Å². The molecule has 0 radical (unpaired) electrons. The van der Waals surface area contributed by atoms with Crippen molar-refractivity contribution >= 4 is 17.2 Å². The van der Waals surface area contributed by atoms with Crippen LogP contribution >= 0.6 is 11.3 Å². The third kappa shape index (κ3) is 2.72. The molecule has 0 atom stereocenters. The molecule has 0 aliphatic carbocycles. The Morgan fingerprint density at radius 3 is 2.90 bits per heavy atom. The van der Waals surface area contributed by atoms with Crippen molar-refractivity contribution in [2.24, 2.45) is 0 Å². The largest absolute Gasteiger partial charge is 0.367 e. The van der Waals surface area contributed by atoms with Gasteiger partial charge in [-0.3, -0.25) is 4.98 Å². The van der Waals surface area contributed by atoms with E-state index in [1.165, 1.54) is 4.88 Å². The van der Waals surface area contributed by atoms with Crippen molar-refractivity contribution in [3.8, 4) is 11.1 Å². The normalized spacial score (nSPS) is 10.8. The van der Waals surface area contributed by atoms with Crippen molar-refractivity contribution in [3.63, 3.8) is 0 Å². The molecular formula is C15H15N3OS. The van der Waals surface area contributed by atoms with Gasteiger partial charge in [0.05, 0.1) is 11.3 Å². The van der Waals surface area contributed by atoms with Crippen LogP contribution in [0.1, 0.15) is 17.0 Å². The molecule has 0 aliphatic rings. The monoisotopic (exact) mass is 285 g/mol. The van der Waals surface area contributed by atoms with Crippen LogP contribution in [0.4, 0.5) is 5.88 Å². The quantitative estimate of drug-likeness (QED) is 0.778. The second kappa shape index (κ2) is 5.88. The highest BCUT2D eigenvalue weighted by Gasteiger charge is 2.15. The first kappa shape index (κ1) is 12.9. The Kier molecular flexibility index (Phi) is 3.78. The van der Waals surface area contributed by atoms with E-state index in [0.717, 1.165) is 36.1 Å². The Labute approximate surface area is 121 Å². The maximum atomic E-state index is 5.88. The van der Waals surface area contributed by atoms with E-state index in [-0.39, 0.29) is 0 Å². The van der Waals surface area contributed by atoms with Crippen molar-refractivity contribution < 1.29 is 4.52 Å². The maximum Gasteiger partial charge on any atom is 0.230 e. The first-order valence-electron chi connectivity index (χ1n) is 6.51. The Morgan fingerprint density at radius 2 is 2.15 bits per heavy atom. The van der Waals surface area contributed by atoms with Crippen LogP contribution < -0.4 is 5.73 Å². The molecule has 3 aromatic heterocycles. The number of hydrogen-bond acceptors (Lipinski definition) is 5. The lowest BCUT2D eigenvalue weighted by Crippen LogP contribution is -1.93. The minimum atomic E-state index is 0.365. The molecule has 0 aromatic carbocycles. The summed E-state index contributed by atoms with van der Waals surface area (Å²) in [6.45, 7) is 0. The van der Waals surface area contributed by atoms with E-state index in [9.17, 15) is 0 Å². The predicted molar refractivity (Wildman–Crippen MR) is 80.5 cm³/mol. The summed E-state index contributed by atoms with van der Waals surface area (Å²) in [5.41, 5.74) is 8.63. The van der Waals surface area contributed by atoms with E-state index < -0.39 is 0 Å². The summed E-state index contributed by atoms with van der Waals surface area (Å²) in [6.07, 6.45) is 6.45. The SMILES string of the molecule is Nc1onc(CCCc2cccs2)c1-c1cccnc1. The standard InChI is InChI=1S/C15H15N3OS/c16-15-14(11-4-2-8-17-10-11)13(18-19-15)7-1-5-12-6-3-9-20-12/h2-4,6,8-10H,1,5,7,16H2. The van der Waals surface area contributed by atoms with Gasteiger partial charge in [0.2, 0.25) is 5.88 Å². The van der Waals surface area contributed by atoms with E-state index in [0.29, 0.717) is 5.88 Å². The number of anilines is 1. The molecule has 0 spiro atoms.